The molecule has 0 saturated heterocycles. The molecule has 0 spiro atoms. The third-order valence-corrected chi connectivity index (χ3v) is 3.78. The van der Waals surface area contributed by atoms with Crippen molar-refractivity contribution in [2.75, 3.05) is 5.32 Å². The third-order valence-electron chi connectivity index (χ3n) is 2.91. The highest BCUT2D eigenvalue weighted by atomic mass is 32.1. The highest BCUT2D eigenvalue weighted by molar-refractivity contribution is 7.13. The molecule has 9 nitrogen and oxygen atoms in total. The molecule has 10 heteroatoms. The maximum atomic E-state index is 11.9. The highest BCUT2D eigenvalue weighted by Crippen LogP contribution is 2.26. The van der Waals surface area contributed by atoms with Crippen LogP contribution in [0.2, 0.25) is 0 Å². The van der Waals surface area contributed by atoms with Gasteiger partial charge in [0, 0.05) is 31.2 Å². The van der Waals surface area contributed by atoms with E-state index in [4.69, 9.17) is 10.5 Å². The van der Waals surface area contributed by atoms with Crippen LogP contribution in [0.4, 0.5) is 10.5 Å². The van der Waals surface area contributed by atoms with E-state index in [-0.39, 0.29) is 17.3 Å². The van der Waals surface area contributed by atoms with Gasteiger partial charge in [-0.3, -0.25) is 19.8 Å². The number of anilines is 1. The summed E-state index contributed by atoms with van der Waals surface area (Å²) in [5.41, 5.74) is 6.19. The Kier molecular flexibility index (Phi) is 4.20. The number of hydrogen-bond acceptors (Lipinski definition) is 7. The fraction of sp³-hybridized carbons (Fsp3) is 0.0714. The van der Waals surface area contributed by atoms with Gasteiger partial charge in [-0.25, -0.2) is 9.78 Å². The van der Waals surface area contributed by atoms with E-state index in [1.807, 2.05) is 0 Å². The molecule has 0 aromatic carbocycles. The Hall–Kier alpha value is -3.27. The lowest BCUT2D eigenvalue weighted by Gasteiger charge is -2.03. The Morgan fingerprint density at radius 3 is 2.79 bits per heavy atom. The van der Waals surface area contributed by atoms with Gasteiger partial charge in [-0.15, -0.1) is 11.3 Å². The fourth-order valence-corrected chi connectivity index (χ4v) is 2.65. The van der Waals surface area contributed by atoms with Crippen LogP contribution in [0.15, 0.2) is 36.1 Å². The van der Waals surface area contributed by atoms with E-state index in [0.29, 0.717) is 5.01 Å². The van der Waals surface area contributed by atoms with Gasteiger partial charge in [0.1, 0.15) is 5.01 Å². The zero-order valence-corrected chi connectivity index (χ0v) is 13.3. The molecule has 24 heavy (non-hydrogen) atoms. The lowest BCUT2D eigenvalue weighted by Crippen LogP contribution is -2.20. The monoisotopic (exact) mass is 344 g/mol. The molecular formula is C14H12N6O3S. The number of carbonyl (C=O) groups is 2. The average molecular weight is 344 g/mol. The van der Waals surface area contributed by atoms with Crippen LogP contribution in [0.25, 0.3) is 10.6 Å². The number of amides is 2. The Morgan fingerprint density at radius 2 is 2.08 bits per heavy atom. The van der Waals surface area contributed by atoms with Crippen LogP contribution in [0.1, 0.15) is 10.5 Å². The van der Waals surface area contributed by atoms with Gasteiger partial charge in [-0.05, 0) is 12.1 Å². The van der Waals surface area contributed by atoms with Crippen LogP contribution in [-0.4, -0.2) is 31.7 Å². The maximum Gasteiger partial charge on any atom is 0.418 e. The van der Waals surface area contributed by atoms with E-state index < -0.39 is 12.0 Å². The second kappa shape index (κ2) is 6.46. The molecule has 0 unspecified atom stereocenters. The van der Waals surface area contributed by atoms with Crippen LogP contribution in [-0.2, 0) is 7.05 Å². The van der Waals surface area contributed by atoms with Crippen molar-refractivity contribution in [2.45, 2.75) is 0 Å². The molecule has 0 atom stereocenters. The number of thiazole rings is 1. The van der Waals surface area contributed by atoms with Crippen LogP contribution in [0, 0.1) is 0 Å². The first-order valence-corrected chi connectivity index (χ1v) is 7.59. The lowest BCUT2D eigenvalue weighted by atomic mass is 10.3. The minimum Gasteiger partial charge on any atom is -0.390 e. The number of carbonyl (C=O) groups excluding carboxylic acids is 2. The first-order valence-electron chi connectivity index (χ1n) is 6.71. The molecule has 0 radical (unpaired) electrons. The standard InChI is InChI=1S/C14H12N6O3S/c1-20-6-9(11(19-20)12(15)21)17-14(22)23-10-7-24-13(18-10)8-2-4-16-5-3-8/h2-7H,1H3,(H2,15,21)(H,17,22). The minimum absolute atomic E-state index is 0.0507. The molecule has 0 aliphatic carbocycles. The number of nitrogens with one attached hydrogen (secondary N) is 1. The van der Waals surface area contributed by atoms with E-state index in [2.05, 4.69) is 20.4 Å². The van der Waals surface area contributed by atoms with E-state index in [1.54, 1.807) is 37.0 Å². The van der Waals surface area contributed by atoms with Crippen LogP contribution < -0.4 is 15.8 Å². The van der Waals surface area contributed by atoms with Crippen LogP contribution >= 0.6 is 11.3 Å². The smallest absolute Gasteiger partial charge is 0.390 e. The van der Waals surface area contributed by atoms with Crippen molar-refractivity contribution in [3.63, 3.8) is 0 Å². The van der Waals surface area contributed by atoms with Gasteiger partial charge in [-0.1, -0.05) is 0 Å². The number of primary amides is 1. The fourth-order valence-electron chi connectivity index (χ4n) is 1.93. The molecule has 3 rings (SSSR count). The Labute approximate surface area is 140 Å². The minimum atomic E-state index is -0.794. The summed E-state index contributed by atoms with van der Waals surface area (Å²) in [6, 6.07) is 3.61. The largest absolute Gasteiger partial charge is 0.418 e. The zero-order chi connectivity index (χ0) is 17.1. The predicted molar refractivity (Wildman–Crippen MR) is 86.7 cm³/mol. The molecule has 0 aliphatic heterocycles. The van der Waals surface area contributed by atoms with Gasteiger partial charge >= 0.3 is 6.09 Å². The van der Waals surface area contributed by atoms with Gasteiger partial charge in [-0.2, -0.15) is 5.10 Å². The van der Waals surface area contributed by atoms with Crippen molar-refractivity contribution >= 4 is 29.0 Å². The molecule has 0 aliphatic rings. The van der Waals surface area contributed by atoms with E-state index in [1.165, 1.54) is 22.2 Å². The van der Waals surface area contributed by atoms with E-state index in [0.717, 1.165) is 5.56 Å². The summed E-state index contributed by atoms with van der Waals surface area (Å²) in [6.07, 6.45) is 3.96. The quantitative estimate of drug-likeness (QED) is 0.741. The molecule has 0 saturated carbocycles. The highest BCUT2D eigenvalue weighted by Gasteiger charge is 2.17. The van der Waals surface area contributed by atoms with Gasteiger partial charge in [0.25, 0.3) is 5.91 Å². The molecule has 3 heterocycles. The third kappa shape index (κ3) is 3.38. The lowest BCUT2D eigenvalue weighted by molar-refractivity contribution is 0.0995. The second-order valence-electron chi connectivity index (χ2n) is 4.67. The average Bonchev–Trinajstić information content (AvgIpc) is 3.15. The van der Waals surface area contributed by atoms with E-state index >= 15 is 0 Å². The van der Waals surface area contributed by atoms with Gasteiger partial charge in [0.2, 0.25) is 5.88 Å². The van der Waals surface area contributed by atoms with E-state index in [9.17, 15) is 9.59 Å². The number of hydrogen-bond donors (Lipinski definition) is 2. The molecule has 2 amide bonds. The van der Waals surface area contributed by atoms with Crippen molar-refractivity contribution in [3.8, 4) is 16.5 Å². The molecule has 3 aromatic rings. The second-order valence-corrected chi connectivity index (χ2v) is 5.53. The number of aromatic nitrogens is 4. The number of ether oxygens (including phenoxy) is 1. The van der Waals surface area contributed by atoms with Crippen LogP contribution in [0.3, 0.4) is 0 Å². The molecular weight excluding hydrogens is 332 g/mol. The van der Waals surface area contributed by atoms with Gasteiger partial charge < -0.3 is 10.5 Å². The first-order chi connectivity index (χ1) is 11.5. The van der Waals surface area contributed by atoms with Crippen molar-refractivity contribution < 1.29 is 14.3 Å². The predicted octanol–water partition coefficient (Wildman–Crippen LogP) is 1.65. The number of rotatable bonds is 4. The number of aryl methyl sites for hydroxylation is 1. The number of nitrogens with two attached hydrogens (primary N) is 1. The maximum absolute atomic E-state index is 11.9. The van der Waals surface area contributed by atoms with Crippen LogP contribution in [0.5, 0.6) is 5.88 Å². The van der Waals surface area contributed by atoms with Crippen molar-refractivity contribution in [2.24, 2.45) is 12.8 Å². The Bertz CT molecular complexity index is 889. The molecule has 122 valence electrons. The van der Waals surface area contributed by atoms with Crippen molar-refractivity contribution in [1.82, 2.24) is 19.7 Å². The summed E-state index contributed by atoms with van der Waals surface area (Å²) in [5, 5.41) is 8.58. The zero-order valence-electron chi connectivity index (χ0n) is 12.5. The first kappa shape index (κ1) is 15.6. The molecule has 0 bridgehead atoms. The van der Waals surface area contributed by atoms with Crippen molar-refractivity contribution in [3.05, 3.63) is 41.8 Å². The molecule has 3 aromatic heterocycles. The summed E-state index contributed by atoms with van der Waals surface area (Å²) in [6.45, 7) is 0. The van der Waals surface area contributed by atoms with Gasteiger partial charge in [0.15, 0.2) is 5.69 Å². The molecule has 3 N–H and O–H groups in total. The van der Waals surface area contributed by atoms with Crippen molar-refractivity contribution in [1.29, 1.82) is 0 Å². The summed E-state index contributed by atoms with van der Waals surface area (Å²) >= 11 is 1.33. The summed E-state index contributed by atoms with van der Waals surface area (Å²) in [5.74, 6) is -0.603. The normalized spacial score (nSPS) is 10.4. The Balaban J connectivity index is 1.70. The topological polar surface area (TPSA) is 125 Å². The molecule has 0 fully saturated rings. The summed E-state index contributed by atoms with van der Waals surface area (Å²) < 4.78 is 6.47. The van der Waals surface area contributed by atoms with Gasteiger partial charge in [0.05, 0.1) is 11.1 Å². The SMILES string of the molecule is Cn1cc(NC(=O)Oc2csc(-c3ccncc3)n2)c(C(N)=O)n1. The Morgan fingerprint density at radius 1 is 1.33 bits per heavy atom. The number of pyridine rings is 1. The number of nitrogens with zero attached hydrogens (tertiary/aromatic N) is 4. The summed E-state index contributed by atoms with van der Waals surface area (Å²) in [4.78, 5) is 31.4. The summed E-state index contributed by atoms with van der Waals surface area (Å²) in [7, 11) is 1.60.